The molecule has 0 atom stereocenters. The van der Waals surface area contributed by atoms with Gasteiger partial charge in [-0.05, 0) is 52.0 Å². The molecule has 0 saturated carbocycles. The van der Waals surface area contributed by atoms with Gasteiger partial charge < -0.3 is 13.9 Å². The van der Waals surface area contributed by atoms with Crippen LogP contribution in [-0.4, -0.2) is 24.9 Å². The number of hydrogen-bond donors (Lipinski definition) is 0. The van der Waals surface area contributed by atoms with Gasteiger partial charge in [0.2, 0.25) is 0 Å². The molecule has 5 aromatic carbocycles. The lowest BCUT2D eigenvalue weighted by atomic mass is 9.76. The average molecular weight is 507 g/mol. The second-order valence-electron chi connectivity index (χ2n) is 11.2. The van der Waals surface area contributed by atoms with Crippen molar-refractivity contribution in [2.75, 3.05) is 13.2 Å². The minimum absolute atomic E-state index is 0.0480. The number of aromatic nitrogens is 1. The quantitative estimate of drug-likeness (QED) is 0.227. The predicted octanol–water partition coefficient (Wildman–Crippen LogP) is 7.89. The van der Waals surface area contributed by atoms with E-state index in [9.17, 15) is 0 Å². The Morgan fingerprint density at radius 3 is 1.54 bits per heavy atom. The molecule has 6 aromatic rings. The van der Waals surface area contributed by atoms with E-state index in [-0.39, 0.29) is 12.5 Å². The summed E-state index contributed by atoms with van der Waals surface area (Å²) in [5, 5.41) is 2.49. The molecular weight excluding hydrogens is 477 g/mol. The molecule has 0 aliphatic carbocycles. The molecule has 4 heteroatoms. The molecule has 7 rings (SSSR count). The highest BCUT2D eigenvalue weighted by molar-refractivity contribution is 6.61. The summed E-state index contributed by atoms with van der Waals surface area (Å²) in [6.07, 6.45) is 0. The van der Waals surface area contributed by atoms with Crippen molar-refractivity contribution in [3.63, 3.8) is 0 Å². The molecule has 0 radical (unpaired) electrons. The van der Waals surface area contributed by atoms with Gasteiger partial charge in [-0.25, -0.2) is 0 Å². The SMILES string of the molecule is CC1(C)COB(c2ccc(-n3c4cc(-c5ccccc5)ccc4c4ccc(-c5ccccc5)cc43)cc2)OC1. The first-order valence-electron chi connectivity index (χ1n) is 13.6. The van der Waals surface area contributed by atoms with Gasteiger partial charge in [0, 0.05) is 35.1 Å². The highest BCUT2D eigenvalue weighted by atomic mass is 16.6. The summed E-state index contributed by atoms with van der Waals surface area (Å²) in [7, 11) is -0.320. The summed E-state index contributed by atoms with van der Waals surface area (Å²) < 4.78 is 14.5. The number of nitrogens with zero attached hydrogens (tertiary/aromatic N) is 1. The molecule has 1 saturated heterocycles. The molecule has 0 unspecified atom stereocenters. The first-order valence-corrected chi connectivity index (χ1v) is 13.6. The summed E-state index contributed by atoms with van der Waals surface area (Å²) in [4.78, 5) is 0. The van der Waals surface area contributed by atoms with Crippen LogP contribution in [0.5, 0.6) is 0 Å². The molecule has 0 N–H and O–H groups in total. The van der Waals surface area contributed by atoms with Crippen molar-refractivity contribution >= 4 is 34.4 Å². The van der Waals surface area contributed by atoms with E-state index in [1.54, 1.807) is 0 Å². The van der Waals surface area contributed by atoms with Crippen LogP contribution in [0.4, 0.5) is 0 Å². The van der Waals surface area contributed by atoms with Gasteiger partial charge >= 0.3 is 7.12 Å². The third-order valence-corrected chi connectivity index (χ3v) is 7.66. The second-order valence-corrected chi connectivity index (χ2v) is 11.2. The fourth-order valence-electron chi connectivity index (χ4n) is 5.58. The standard InChI is InChI=1S/C35H30BNO2/c1-35(2)23-38-36(39-24-35)29-15-17-30(18-16-29)37-33-21-27(25-9-5-3-6-10-25)13-19-31(33)32-20-14-28(22-34(32)37)26-11-7-4-8-12-26/h3-22H,23-24H2,1-2H3. The minimum Gasteiger partial charge on any atom is -0.407 e. The Kier molecular flexibility index (Phi) is 5.88. The van der Waals surface area contributed by atoms with Crippen LogP contribution in [0.15, 0.2) is 121 Å². The molecule has 2 heterocycles. The first kappa shape index (κ1) is 24.0. The largest absolute Gasteiger partial charge is 0.493 e. The maximum absolute atomic E-state index is 6.05. The van der Waals surface area contributed by atoms with E-state index in [4.69, 9.17) is 9.31 Å². The maximum Gasteiger partial charge on any atom is 0.493 e. The lowest BCUT2D eigenvalue weighted by Crippen LogP contribution is -2.47. The topological polar surface area (TPSA) is 23.4 Å². The van der Waals surface area contributed by atoms with Gasteiger partial charge in [0.1, 0.15) is 0 Å². The number of rotatable bonds is 4. The van der Waals surface area contributed by atoms with E-state index in [1.165, 1.54) is 44.1 Å². The third kappa shape index (κ3) is 4.46. The van der Waals surface area contributed by atoms with Crippen molar-refractivity contribution in [3.8, 4) is 27.9 Å². The highest BCUT2D eigenvalue weighted by Gasteiger charge is 2.33. The fraction of sp³-hybridized carbons (Fsp3) is 0.143. The van der Waals surface area contributed by atoms with E-state index in [1.807, 2.05) is 0 Å². The van der Waals surface area contributed by atoms with Gasteiger partial charge in [0.25, 0.3) is 0 Å². The van der Waals surface area contributed by atoms with Crippen molar-refractivity contribution < 1.29 is 9.31 Å². The van der Waals surface area contributed by atoms with Crippen LogP contribution in [0.3, 0.4) is 0 Å². The maximum atomic E-state index is 6.05. The second kappa shape index (κ2) is 9.57. The third-order valence-electron chi connectivity index (χ3n) is 7.66. The summed E-state index contributed by atoms with van der Waals surface area (Å²) in [6.45, 7) is 5.72. The van der Waals surface area contributed by atoms with Crippen molar-refractivity contribution in [3.05, 3.63) is 121 Å². The van der Waals surface area contributed by atoms with Crippen molar-refractivity contribution in [2.24, 2.45) is 5.41 Å². The molecule has 39 heavy (non-hydrogen) atoms. The normalized spacial score (nSPS) is 15.2. The Morgan fingerprint density at radius 1 is 0.564 bits per heavy atom. The zero-order chi connectivity index (χ0) is 26.4. The molecule has 0 amide bonds. The number of benzene rings is 5. The van der Waals surface area contributed by atoms with Gasteiger partial charge in [-0.15, -0.1) is 0 Å². The summed E-state index contributed by atoms with van der Waals surface area (Å²) >= 11 is 0. The summed E-state index contributed by atoms with van der Waals surface area (Å²) in [6, 6.07) is 43.4. The predicted molar refractivity (Wildman–Crippen MR) is 163 cm³/mol. The Labute approximate surface area is 229 Å². The van der Waals surface area contributed by atoms with Gasteiger partial charge in [-0.1, -0.05) is 111 Å². The van der Waals surface area contributed by atoms with E-state index in [0.717, 1.165) is 11.2 Å². The van der Waals surface area contributed by atoms with Crippen LogP contribution in [0.2, 0.25) is 0 Å². The molecule has 3 nitrogen and oxygen atoms in total. The van der Waals surface area contributed by atoms with Crippen LogP contribution < -0.4 is 5.46 Å². The van der Waals surface area contributed by atoms with E-state index >= 15 is 0 Å². The minimum atomic E-state index is -0.320. The molecule has 190 valence electrons. The van der Waals surface area contributed by atoms with Crippen molar-refractivity contribution in [2.45, 2.75) is 13.8 Å². The van der Waals surface area contributed by atoms with E-state index in [0.29, 0.717) is 13.2 Å². The average Bonchev–Trinajstić information content (AvgIpc) is 3.31. The van der Waals surface area contributed by atoms with Gasteiger partial charge in [0.05, 0.1) is 11.0 Å². The van der Waals surface area contributed by atoms with Gasteiger partial charge in [0.15, 0.2) is 0 Å². The molecule has 1 aromatic heterocycles. The zero-order valence-electron chi connectivity index (χ0n) is 22.3. The van der Waals surface area contributed by atoms with Crippen molar-refractivity contribution in [1.82, 2.24) is 4.57 Å². The highest BCUT2D eigenvalue weighted by Crippen LogP contribution is 2.37. The van der Waals surface area contributed by atoms with Crippen LogP contribution in [0.1, 0.15) is 13.8 Å². The van der Waals surface area contributed by atoms with E-state index < -0.39 is 0 Å². The molecule has 1 fully saturated rings. The summed E-state index contributed by atoms with van der Waals surface area (Å²) in [5.41, 5.74) is 9.43. The van der Waals surface area contributed by atoms with Crippen LogP contribution >= 0.6 is 0 Å². The van der Waals surface area contributed by atoms with Crippen LogP contribution in [0, 0.1) is 5.41 Å². The number of fused-ring (bicyclic) bond motifs is 3. The molecule has 1 aliphatic rings. The van der Waals surface area contributed by atoms with Crippen LogP contribution in [-0.2, 0) is 9.31 Å². The fourth-order valence-corrected chi connectivity index (χ4v) is 5.58. The Balaban J connectivity index is 1.39. The Morgan fingerprint density at radius 2 is 1.05 bits per heavy atom. The zero-order valence-corrected chi connectivity index (χ0v) is 22.3. The Bertz CT molecular complexity index is 1670. The molecule has 0 spiro atoms. The Hall–Kier alpha value is -4.12. The summed E-state index contributed by atoms with van der Waals surface area (Å²) in [5.74, 6) is 0. The smallest absolute Gasteiger partial charge is 0.407 e. The molecule has 1 aliphatic heterocycles. The van der Waals surface area contributed by atoms with Gasteiger partial charge in [-0.2, -0.15) is 0 Å². The lowest BCUT2D eigenvalue weighted by molar-refractivity contribution is 0.0343. The first-order chi connectivity index (χ1) is 19.1. The van der Waals surface area contributed by atoms with Crippen molar-refractivity contribution in [1.29, 1.82) is 0 Å². The lowest BCUT2D eigenvalue weighted by Gasteiger charge is -2.33. The molecule has 0 bridgehead atoms. The number of hydrogen-bond acceptors (Lipinski definition) is 2. The van der Waals surface area contributed by atoms with Gasteiger partial charge in [-0.3, -0.25) is 0 Å². The molecular formula is C35H30BNO2. The van der Waals surface area contributed by atoms with E-state index in [2.05, 4.69) is 140 Å². The monoisotopic (exact) mass is 507 g/mol. The van der Waals surface area contributed by atoms with Crippen LogP contribution in [0.25, 0.3) is 49.7 Å².